The molecule has 0 bridgehead atoms. The minimum atomic E-state index is -0.280. The van der Waals surface area contributed by atoms with Crippen LogP contribution in [0.3, 0.4) is 0 Å². The molecule has 1 saturated heterocycles. The van der Waals surface area contributed by atoms with Gasteiger partial charge in [-0.3, -0.25) is 14.0 Å². The number of nitrogens with two attached hydrogens (primary N) is 1. The second-order valence-electron chi connectivity index (χ2n) is 7.70. The van der Waals surface area contributed by atoms with Crippen molar-refractivity contribution in [3.8, 4) is 17.1 Å². The first-order chi connectivity index (χ1) is 14.1. The van der Waals surface area contributed by atoms with E-state index in [1.807, 2.05) is 29.5 Å². The van der Waals surface area contributed by atoms with Gasteiger partial charge in [-0.05, 0) is 56.4 Å². The van der Waals surface area contributed by atoms with Crippen LogP contribution in [0.1, 0.15) is 37.7 Å². The molecule has 2 aromatic heterocycles. The first-order valence-electron chi connectivity index (χ1n) is 10.3. The number of piperidine rings is 1. The van der Waals surface area contributed by atoms with Gasteiger partial charge in [-0.25, -0.2) is 4.98 Å². The van der Waals surface area contributed by atoms with Crippen LogP contribution in [0, 0.1) is 6.92 Å². The number of aromatic nitrogens is 4. The van der Waals surface area contributed by atoms with Gasteiger partial charge in [0.1, 0.15) is 5.82 Å². The topological polar surface area (TPSA) is 82.0 Å². The highest BCUT2D eigenvalue weighted by Gasteiger charge is 2.15. The van der Waals surface area contributed by atoms with E-state index in [0.29, 0.717) is 19.4 Å². The summed E-state index contributed by atoms with van der Waals surface area (Å²) >= 11 is 0. The zero-order valence-corrected chi connectivity index (χ0v) is 16.9. The van der Waals surface area contributed by atoms with Crippen LogP contribution in [0.5, 0.6) is 0 Å². The Bertz CT molecular complexity index is 983. The van der Waals surface area contributed by atoms with Crippen LogP contribution < -0.4 is 10.6 Å². The molecule has 3 aromatic rings. The van der Waals surface area contributed by atoms with Gasteiger partial charge in [0.15, 0.2) is 0 Å². The number of benzene rings is 1. The first kappa shape index (κ1) is 19.2. The van der Waals surface area contributed by atoms with E-state index in [4.69, 9.17) is 5.73 Å². The van der Waals surface area contributed by atoms with E-state index in [0.717, 1.165) is 30.2 Å². The van der Waals surface area contributed by atoms with Crippen molar-refractivity contribution in [1.82, 2.24) is 19.3 Å². The number of anilines is 1. The Hall–Kier alpha value is -3.09. The lowest BCUT2D eigenvalue weighted by Gasteiger charge is -2.29. The van der Waals surface area contributed by atoms with E-state index in [2.05, 4.69) is 44.7 Å². The fraction of sp³-hybridized carbons (Fsp3) is 0.409. The Kier molecular flexibility index (Phi) is 5.64. The summed E-state index contributed by atoms with van der Waals surface area (Å²) < 4.78 is 3.90. The molecule has 7 nitrogen and oxygen atoms in total. The highest BCUT2D eigenvalue weighted by atomic mass is 16.1. The Labute approximate surface area is 171 Å². The summed E-state index contributed by atoms with van der Waals surface area (Å²) in [5.74, 6) is 0.627. The van der Waals surface area contributed by atoms with E-state index in [-0.39, 0.29) is 5.91 Å². The van der Waals surface area contributed by atoms with Crippen molar-refractivity contribution >= 4 is 11.6 Å². The fourth-order valence-electron chi connectivity index (χ4n) is 3.97. The number of nitrogens with zero attached hydrogens (tertiary/aromatic N) is 5. The molecule has 1 aromatic carbocycles. The van der Waals surface area contributed by atoms with Crippen molar-refractivity contribution in [2.24, 2.45) is 5.73 Å². The molecule has 1 aliphatic rings. The van der Waals surface area contributed by atoms with E-state index in [1.54, 1.807) is 0 Å². The molecule has 3 heterocycles. The molecule has 4 rings (SSSR count). The van der Waals surface area contributed by atoms with Crippen LogP contribution in [0.25, 0.3) is 17.1 Å². The number of primary amides is 1. The zero-order valence-electron chi connectivity index (χ0n) is 16.9. The van der Waals surface area contributed by atoms with Gasteiger partial charge in [-0.2, -0.15) is 5.10 Å². The maximum Gasteiger partial charge on any atom is 0.217 e. The van der Waals surface area contributed by atoms with Gasteiger partial charge in [0.05, 0.1) is 11.9 Å². The van der Waals surface area contributed by atoms with Crippen LogP contribution in [0.2, 0.25) is 0 Å². The number of amides is 1. The van der Waals surface area contributed by atoms with E-state index in [1.165, 1.54) is 30.5 Å². The number of hydrogen-bond donors (Lipinski definition) is 1. The van der Waals surface area contributed by atoms with Gasteiger partial charge in [0, 0.05) is 55.9 Å². The summed E-state index contributed by atoms with van der Waals surface area (Å²) in [5.41, 5.74) is 9.80. The minimum absolute atomic E-state index is 0.280. The third kappa shape index (κ3) is 4.34. The first-order valence-corrected chi connectivity index (χ1v) is 10.3. The smallest absolute Gasteiger partial charge is 0.217 e. The quantitative estimate of drug-likeness (QED) is 0.669. The Morgan fingerprint density at radius 2 is 2.00 bits per heavy atom. The molecular weight excluding hydrogens is 364 g/mol. The number of rotatable bonds is 7. The number of hydrogen-bond acceptors (Lipinski definition) is 4. The maximum absolute atomic E-state index is 10.9. The Balaban J connectivity index is 1.55. The van der Waals surface area contributed by atoms with Crippen molar-refractivity contribution in [3.63, 3.8) is 0 Å². The van der Waals surface area contributed by atoms with Gasteiger partial charge in [-0.1, -0.05) is 0 Å². The third-order valence-corrected chi connectivity index (χ3v) is 5.52. The van der Waals surface area contributed by atoms with Crippen molar-refractivity contribution in [2.45, 2.75) is 45.6 Å². The highest BCUT2D eigenvalue weighted by molar-refractivity contribution is 5.73. The summed E-state index contributed by atoms with van der Waals surface area (Å²) in [6, 6.07) is 6.66. The standard InChI is InChI=1S/C22H28N6O/c1-17-14-18(26-10-3-2-4-11-26)7-8-20(17)22-24-9-13-28(22)19-15-25-27(16-19)12-5-6-21(23)29/h7-9,13-16H,2-6,10-12H2,1H3,(H2,23,29). The highest BCUT2D eigenvalue weighted by Crippen LogP contribution is 2.29. The molecule has 0 spiro atoms. The average Bonchev–Trinajstić information content (AvgIpc) is 3.37. The predicted octanol–water partition coefficient (Wildman–Crippen LogP) is 3.30. The molecule has 0 aliphatic carbocycles. The lowest BCUT2D eigenvalue weighted by molar-refractivity contribution is -0.118. The lowest BCUT2D eigenvalue weighted by atomic mass is 10.0. The van der Waals surface area contributed by atoms with Crippen molar-refractivity contribution in [1.29, 1.82) is 0 Å². The van der Waals surface area contributed by atoms with Crippen molar-refractivity contribution in [2.75, 3.05) is 18.0 Å². The van der Waals surface area contributed by atoms with Gasteiger partial charge < -0.3 is 10.6 Å². The number of carbonyl (C=O) groups excluding carboxylic acids is 1. The Morgan fingerprint density at radius 1 is 1.17 bits per heavy atom. The number of carbonyl (C=O) groups is 1. The fourth-order valence-corrected chi connectivity index (χ4v) is 3.97. The molecule has 0 radical (unpaired) electrons. The molecule has 152 valence electrons. The SMILES string of the molecule is Cc1cc(N2CCCCC2)ccc1-c1nccn1-c1cnn(CCCC(N)=O)c1. The number of imidazole rings is 1. The largest absolute Gasteiger partial charge is 0.372 e. The molecule has 0 atom stereocenters. The van der Waals surface area contributed by atoms with Crippen LogP contribution in [-0.4, -0.2) is 38.3 Å². The second kappa shape index (κ2) is 8.51. The van der Waals surface area contributed by atoms with Gasteiger partial charge in [0.25, 0.3) is 0 Å². The summed E-state index contributed by atoms with van der Waals surface area (Å²) in [6.45, 7) is 5.09. The number of aryl methyl sites for hydroxylation is 2. The monoisotopic (exact) mass is 392 g/mol. The van der Waals surface area contributed by atoms with E-state index in [9.17, 15) is 4.79 Å². The third-order valence-electron chi connectivity index (χ3n) is 5.52. The lowest BCUT2D eigenvalue weighted by Crippen LogP contribution is -2.29. The second-order valence-corrected chi connectivity index (χ2v) is 7.70. The van der Waals surface area contributed by atoms with Crippen LogP contribution in [-0.2, 0) is 11.3 Å². The van der Waals surface area contributed by atoms with Gasteiger partial charge in [-0.15, -0.1) is 0 Å². The molecule has 1 amide bonds. The van der Waals surface area contributed by atoms with E-state index < -0.39 is 0 Å². The molecule has 0 saturated carbocycles. The zero-order chi connectivity index (χ0) is 20.2. The molecule has 1 fully saturated rings. The minimum Gasteiger partial charge on any atom is -0.372 e. The summed E-state index contributed by atoms with van der Waals surface area (Å²) in [6.07, 6.45) is 12.5. The molecule has 7 heteroatoms. The van der Waals surface area contributed by atoms with Crippen LogP contribution >= 0.6 is 0 Å². The average molecular weight is 393 g/mol. The summed E-state index contributed by atoms with van der Waals surface area (Å²) in [5, 5.41) is 4.41. The molecular formula is C22H28N6O. The molecule has 2 N–H and O–H groups in total. The predicted molar refractivity (Wildman–Crippen MR) is 114 cm³/mol. The van der Waals surface area contributed by atoms with Crippen LogP contribution in [0.15, 0.2) is 43.0 Å². The summed E-state index contributed by atoms with van der Waals surface area (Å²) in [4.78, 5) is 18.0. The molecule has 29 heavy (non-hydrogen) atoms. The Morgan fingerprint density at radius 3 is 2.76 bits per heavy atom. The van der Waals surface area contributed by atoms with Gasteiger partial charge in [0.2, 0.25) is 5.91 Å². The normalized spacial score (nSPS) is 14.3. The molecule has 1 aliphatic heterocycles. The molecule has 0 unspecified atom stereocenters. The maximum atomic E-state index is 10.9. The van der Waals surface area contributed by atoms with Crippen molar-refractivity contribution in [3.05, 3.63) is 48.5 Å². The summed E-state index contributed by atoms with van der Waals surface area (Å²) in [7, 11) is 0. The van der Waals surface area contributed by atoms with Gasteiger partial charge >= 0.3 is 0 Å². The van der Waals surface area contributed by atoms with Crippen LogP contribution in [0.4, 0.5) is 5.69 Å². The van der Waals surface area contributed by atoms with Crippen molar-refractivity contribution < 1.29 is 4.79 Å². The van der Waals surface area contributed by atoms with E-state index >= 15 is 0 Å².